The van der Waals surface area contributed by atoms with Crippen LogP contribution >= 0.6 is 0 Å². The highest BCUT2D eigenvalue weighted by Crippen LogP contribution is 2.35. The van der Waals surface area contributed by atoms with Gasteiger partial charge in [-0.3, -0.25) is 0 Å². The zero-order valence-corrected chi connectivity index (χ0v) is 12.3. The standard InChI is InChI=1S/C18H27N/c1-2-6-16-12-19-13-17-11-15(9-10-18(16)17)14-7-4-3-5-8-14/h9-11,14,16,19H,2-8,12-13H2,1H3. The smallest absolute Gasteiger partial charge is 0.0208 e. The summed E-state index contributed by atoms with van der Waals surface area (Å²) < 4.78 is 0. The summed E-state index contributed by atoms with van der Waals surface area (Å²) in [4.78, 5) is 0. The van der Waals surface area contributed by atoms with Gasteiger partial charge in [-0.05, 0) is 47.8 Å². The number of nitrogens with one attached hydrogen (secondary N) is 1. The molecule has 1 nitrogen and oxygen atoms in total. The van der Waals surface area contributed by atoms with E-state index in [1.165, 1.54) is 51.5 Å². The quantitative estimate of drug-likeness (QED) is 0.826. The molecule has 0 radical (unpaired) electrons. The molecular formula is C18H27N. The summed E-state index contributed by atoms with van der Waals surface area (Å²) in [5.41, 5.74) is 4.81. The predicted molar refractivity (Wildman–Crippen MR) is 81.6 cm³/mol. The topological polar surface area (TPSA) is 12.0 Å². The van der Waals surface area contributed by atoms with Crippen molar-refractivity contribution in [1.29, 1.82) is 0 Å². The lowest BCUT2D eigenvalue weighted by molar-refractivity contribution is 0.442. The Bertz CT molecular complexity index is 418. The maximum Gasteiger partial charge on any atom is 0.0208 e. The first-order valence-corrected chi connectivity index (χ1v) is 8.22. The van der Waals surface area contributed by atoms with Crippen molar-refractivity contribution in [1.82, 2.24) is 5.32 Å². The molecule has 104 valence electrons. The van der Waals surface area contributed by atoms with E-state index in [1.54, 1.807) is 16.7 Å². The number of rotatable bonds is 3. The Labute approximate surface area is 117 Å². The van der Waals surface area contributed by atoms with Gasteiger partial charge in [0.1, 0.15) is 0 Å². The van der Waals surface area contributed by atoms with E-state index in [0.717, 1.165) is 18.4 Å². The third-order valence-electron chi connectivity index (χ3n) is 5.03. The van der Waals surface area contributed by atoms with Gasteiger partial charge in [0.2, 0.25) is 0 Å². The van der Waals surface area contributed by atoms with Crippen LogP contribution in [0.15, 0.2) is 18.2 Å². The van der Waals surface area contributed by atoms with E-state index in [1.807, 2.05) is 0 Å². The minimum Gasteiger partial charge on any atom is -0.312 e. The Morgan fingerprint density at radius 3 is 2.79 bits per heavy atom. The summed E-state index contributed by atoms with van der Waals surface area (Å²) in [5, 5.41) is 3.61. The highest BCUT2D eigenvalue weighted by atomic mass is 14.9. The van der Waals surface area contributed by atoms with Crippen LogP contribution in [0.4, 0.5) is 0 Å². The maximum absolute atomic E-state index is 3.61. The molecule has 19 heavy (non-hydrogen) atoms. The van der Waals surface area contributed by atoms with Gasteiger partial charge in [0.05, 0.1) is 0 Å². The third kappa shape index (κ3) is 2.86. The lowest BCUT2D eigenvalue weighted by atomic mass is 9.80. The van der Waals surface area contributed by atoms with Crippen LogP contribution in [0.5, 0.6) is 0 Å². The minimum absolute atomic E-state index is 0.745. The van der Waals surface area contributed by atoms with Crippen molar-refractivity contribution in [3.63, 3.8) is 0 Å². The predicted octanol–water partition coefficient (Wildman–Crippen LogP) is 4.72. The molecule has 1 aliphatic heterocycles. The van der Waals surface area contributed by atoms with Crippen LogP contribution in [-0.2, 0) is 6.54 Å². The molecule has 1 fully saturated rings. The molecule has 1 heterocycles. The Morgan fingerprint density at radius 2 is 2.00 bits per heavy atom. The molecule has 0 spiro atoms. The molecule has 1 heteroatoms. The van der Waals surface area contributed by atoms with Crippen LogP contribution in [-0.4, -0.2) is 6.54 Å². The van der Waals surface area contributed by atoms with E-state index in [2.05, 4.69) is 30.4 Å². The molecule has 1 N–H and O–H groups in total. The van der Waals surface area contributed by atoms with E-state index >= 15 is 0 Å². The van der Waals surface area contributed by atoms with Gasteiger partial charge in [0.15, 0.2) is 0 Å². The Kier molecular flexibility index (Phi) is 4.22. The first-order chi connectivity index (χ1) is 9.38. The molecule has 0 bridgehead atoms. The van der Waals surface area contributed by atoms with Crippen molar-refractivity contribution in [2.24, 2.45) is 0 Å². The van der Waals surface area contributed by atoms with Gasteiger partial charge >= 0.3 is 0 Å². The second-order valence-corrected chi connectivity index (χ2v) is 6.41. The van der Waals surface area contributed by atoms with E-state index in [9.17, 15) is 0 Å². The molecule has 1 aromatic carbocycles. The highest BCUT2D eigenvalue weighted by molar-refractivity contribution is 5.38. The van der Waals surface area contributed by atoms with Crippen molar-refractivity contribution in [3.05, 3.63) is 34.9 Å². The number of benzene rings is 1. The molecule has 3 rings (SSSR count). The maximum atomic E-state index is 3.61. The van der Waals surface area contributed by atoms with Crippen LogP contribution in [0.3, 0.4) is 0 Å². The van der Waals surface area contributed by atoms with Gasteiger partial charge in [-0.2, -0.15) is 0 Å². The van der Waals surface area contributed by atoms with Gasteiger partial charge < -0.3 is 5.32 Å². The van der Waals surface area contributed by atoms with E-state index in [4.69, 9.17) is 0 Å². The fourth-order valence-corrected chi connectivity index (χ4v) is 3.96. The number of hydrogen-bond donors (Lipinski definition) is 1. The van der Waals surface area contributed by atoms with E-state index in [-0.39, 0.29) is 0 Å². The molecule has 0 aromatic heterocycles. The van der Waals surface area contributed by atoms with Crippen LogP contribution in [0.25, 0.3) is 0 Å². The van der Waals surface area contributed by atoms with Crippen molar-refractivity contribution < 1.29 is 0 Å². The van der Waals surface area contributed by atoms with Crippen molar-refractivity contribution in [2.75, 3.05) is 6.54 Å². The van der Waals surface area contributed by atoms with Crippen molar-refractivity contribution in [2.45, 2.75) is 70.3 Å². The van der Waals surface area contributed by atoms with Crippen molar-refractivity contribution >= 4 is 0 Å². The first kappa shape index (κ1) is 13.2. The van der Waals surface area contributed by atoms with Gasteiger partial charge in [-0.1, -0.05) is 50.8 Å². The molecule has 2 aliphatic rings. The Morgan fingerprint density at radius 1 is 1.16 bits per heavy atom. The normalized spacial score (nSPS) is 24.2. The molecule has 1 unspecified atom stereocenters. The molecule has 1 aliphatic carbocycles. The minimum atomic E-state index is 0.745. The second-order valence-electron chi connectivity index (χ2n) is 6.41. The lowest BCUT2D eigenvalue weighted by Gasteiger charge is -2.29. The van der Waals surface area contributed by atoms with Crippen LogP contribution < -0.4 is 5.32 Å². The lowest BCUT2D eigenvalue weighted by Crippen LogP contribution is -2.28. The molecule has 0 amide bonds. The molecule has 1 atom stereocenters. The first-order valence-electron chi connectivity index (χ1n) is 8.22. The average molecular weight is 257 g/mol. The number of fused-ring (bicyclic) bond motifs is 1. The van der Waals surface area contributed by atoms with E-state index < -0.39 is 0 Å². The van der Waals surface area contributed by atoms with Gasteiger partial charge in [-0.15, -0.1) is 0 Å². The molecule has 1 saturated carbocycles. The van der Waals surface area contributed by atoms with Gasteiger partial charge in [0.25, 0.3) is 0 Å². The number of hydrogen-bond acceptors (Lipinski definition) is 1. The van der Waals surface area contributed by atoms with Crippen LogP contribution in [0, 0.1) is 0 Å². The largest absolute Gasteiger partial charge is 0.312 e. The zero-order chi connectivity index (χ0) is 13.1. The van der Waals surface area contributed by atoms with E-state index in [0.29, 0.717) is 0 Å². The summed E-state index contributed by atoms with van der Waals surface area (Å²) in [6.07, 6.45) is 9.73. The average Bonchev–Trinajstić information content (AvgIpc) is 2.48. The summed E-state index contributed by atoms with van der Waals surface area (Å²) in [5.74, 6) is 1.58. The second kappa shape index (κ2) is 6.09. The molecular weight excluding hydrogens is 230 g/mol. The zero-order valence-electron chi connectivity index (χ0n) is 12.3. The Hall–Kier alpha value is -0.820. The molecule has 0 saturated heterocycles. The SMILES string of the molecule is CCCC1CNCc2cc(C3CCCCC3)ccc21. The monoisotopic (exact) mass is 257 g/mol. The van der Waals surface area contributed by atoms with Gasteiger partial charge in [-0.25, -0.2) is 0 Å². The fraction of sp³-hybridized carbons (Fsp3) is 0.667. The fourth-order valence-electron chi connectivity index (χ4n) is 3.96. The summed E-state index contributed by atoms with van der Waals surface area (Å²) in [6.45, 7) is 4.55. The van der Waals surface area contributed by atoms with Crippen LogP contribution in [0.2, 0.25) is 0 Å². The Balaban J connectivity index is 1.82. The highest BCUT2D eigenvalue weighted by Gasteiger charge is 2.21. The molecule has 1 aromatic rings. The third-order valence-corrected chi connectivity index (χ3v) is 5.03. The summed E-state index contributed by atoms with van der Waals surface area (Å²) in [6, 6.07) is 7.39. The summed E-state index contributed by atoms with van der Waals surface area (Å²) >= 11 is 0. The van der Waals surface area contributed by atoms with Crippen molar-refractivity contribution in [3.8, 4) is 0 Å². The van der Waals surface area contributed by atoms with Crippen LogP contribution in [0.1, 0.15) is 80.4 Å². The van der Waals surface area contributed by atoms with Gasteiger partial charge in [0, 0.05) is 13.1 Å². The summed E-state index contributed by atoms with van der Waals surface area (Å²) in [7, 11) is 0.